The Morgan fingerprint density at radius 3 is 2.29 bits per heavy atom. The summed E-state index contributed by atoms with van der Waals surface area (Å²) in [7, 11) is 0. The molecule has 4 rings (SSSR count). The van der Waals surface area contributed by atoms with Crippen LogP contribution in [0.15, 0.2) is 48.5 Å². The first-order valence-electron chi connectivity index (χ1n) is 10.9. The van der Waals surface area contributed by atoms with Gasteiger partial charge in [0.1, 0.15) is 0 Å². The van der Waals surface area contributed by atoms with Crippen LogP contribution in [0.2, 0.25) is 10.0 Å². The number of rotatable bonds is 6. The highest BCUT2D eigenvalue weighted by Gasteiger charge is 2.15. The van der Waals surface area contributed by atoms with E-state index in [-0.39, 0.29) is 0 Å². The second kappa shape index (κ2) is 10.2. The van der Waals surface area contributed by atoms with Crippen LogP contribution in [0.3, 0.4) is 0 Å². The van der Waals surface area contributed by atoms with Crippen LogP contribution < -0.4 is 10.6 Å². The molecule has 0 atom stereocenters. The van der Waals surface area contributed by atoms with Crippen molar-refractivity contribution in [2.75, 3.05) is 10.6 Å². The highest BCUT2D eigenvalue weighted by atomic mass is 35.5. The minimum absolute atomic E-state index is 0.446. The summed E-state index contributed by atoms with van der Waals surface area (Å²) >= 11 is 18.2. The molecular weight excluding hydrogens is 487 g/mol. The Bertz CT molecular complexity index is 1340. The zero-order valence-electron chi connectivity index (χ0n) is 19.5. The first kappa shape index (κ1) is 24.3. The summed E-state index contributed by atoms with van der Waals surface area (Å²) < 4.78 is 3.84. The van der Waals surface area contributed by atoms with Crippen molar-refractivity contribution in [3.63, 3.8) is 0 Å². The van der Waals surface area contributed by atoms with E-state index in [1.165, 1.54) is 11.1 Å². The van der Waals surface area contributed by atoms with E-state index in [1.807, 2.05) is 66.5 Å². The lowest BCUT2D eigenvalue weighted by Gasteiger charge is -2.11. The zero-order valence-corrected chi connectivity index (χ0v) is 21.8. The van der Waals surface area contributed by atoms with Crippen LogP contribution in [0, 0.1) is 27.7 Å². The number of halogens is 2. The van der Waals surface area contributed by atoms with Gasteiger partial charge < -0.3 is 10.6 Å². The molecule has 0 aliphatic rings. The number of nitrogens with zero attached hydrogens (tertiary/aromatic N) is 4. The molecule has 6 nitrogen and oxygen atoms in total. The van der Waals surface area contributed by atoms with Crippen LogP contribution in [0.4, 0.5) is 11.5 Å². The highest BCUT2D eigenvalue weighted by molar-refractivity contribution is 7.80. The predicted octanol–water partition coefficient (Wildman–Crippen LogP) is 6.53. The average Bonchev–Trinajstić information content (AvgIpc) is 3.25. The van der Waals surface area contributed by atoms with Crippen LogP contribution in [-0.2, 0) is 13.1 Å². The highest BCUT2D eigenvalue weighted by Crippen LogP contribution is 2.26. The van der Waals surface area contributed by atoms with Crippen LogP contribution >= 0.6 is 35.4 Å². The fourth-order valence-electron chi connectivity index (χ4n) is 3.81. The van der Waals surface area contributed by atoms with Gasteiger partial charge in [0.05, 0.1) is 30.2 Å². The van der Waals surface area contributed by atoms with E-state index in [0.29, 0.717) is 34.1 Å². The molecule has 0 fully saturated rings. The fraction of sp³-hybridized carbons (Fsp3) is 0.240. The molecule has 0 saturated carbocycles. The number of thiocarbonyl (C=S) groups is 1. The van der Waals surface area contributed by atoms with Crippen molar-refractivity contribution in [1.29, 1.82) is 0 Å². The van der Waals surface area contributed by atoms with E-state index in [0.717, 1.165) is 28.3 Å². The number of benzene rings is 2. The number of hydrogen-bond acceptors (Lipinski definition) is 3. The van der Waals surface area contributed by atoms with Crippen molar-refractivity contribution in [3.8, 4) is 0 Å². The van der Waals surface area contributed by atoms with Gasteiger partial charge in [-0.05, 0) is 63.2 Å². The smallest absolute Gasteiger partial charge is 0.176 e. The van der Waals surface area contributed by atoms with Crippen LogP contribution in [0.25, 0.3) is 0 Å². The summed E-state index contributed by atoms with van der Waals surface area (Å²) in [6, 6.07) is 15.7. The summed E-state index contributed by atoms with van der Waals surface area (Å²) in [6.45, 7) is 9.27. The number of hydrogen-bond donors (Lipinski definition) is 2. The first-order chi connectivity index (χ1) is 16.2. The van der Waals surface area contributed by atoms with Gasteiger partial charge in [-0.2, -0.15) is 10.2 Å². The summed E-state index contributed by atoms with van der Waals surface area (Å²) in [5, 5.41) is 17.5. The topological polar surface area (TPSA) is 59.7 Å². The van der Waals surface area contributed by atoms with Crippen LogP contribution in [0.5, 0.6) is 0 Å². The van der Waals surface area contributed by atoms with E-state index in [4.69, 9.17) is 40.5 Å². The van der Waals surface area contributed by atoms with E-state index < -0.39 is 0 Å². The molecule has 9 heteroatoms. The summed E-state index contributed by atoms with van der Waals surface area (Å²) in [4.78, 5) is 0. The molecule has 2 N–H and O–H groups in total. The van der Waals surface area contributed by atoms with Gasteiger partial charge in [-0.25, -0.2) is 0 Å². The van der Waals surface area contributed by atoms with E-state index in [1.54, 1.807) is 0 Å². The maximum atomic E-state index is 6.32. The molecule has 0 aliphatic carbocycles. The quantitative estimate of drug-likeness (QED) is 0.287. The SMILES string of the molecule is Cc1ccccc1Cn1nc(C)c(NC(=S)Nc2cc(C)n(Cc3c(Cl)cccc3Cl)n2)c1C. The lowest BCUT2D eigenvalue weighted by molar-refractivity contribution is 0.657. The van der Waals surface area contributed by atoms with Gasteiger partial charge in [0.2, 0.25) is 0 Å². The Kier molecular flexibility index (Phi) is 7.26. The fourth-order valence-corrected chi connectivity index (χ4v) is 4.53. The third-order valence-corrected chi connectivity index (χ3v) is 6.71. The Morgan fingerprint density at radius 2 is 1.59 bits per heavy atom. The maximum absolute atomic E-state index is 6.32. The van der Waals surface area contributed by atoms with Gasteiger partial charge in [0, 0.05) is 27.4 Å². The van der Waals surface area contributed by atoms with Crippen molar-refractivity contribution in [2.24, 2.45) is 0 Å². The molecule has 0 aliphatic heterocycles. The summed E-state index contributed by atoms with van der Waals surface area (Å²) in [6.07, 6.45) is 0. The molecule has 0 radical (unpaired) electrons. The van der Waals surface area contributed by atoms with Crippen molar-refractivity contribution in [1.82, 2.24) is 19.6 Å². The average molecular weight is 513 g/mol. The number of aromatic nitrogens is 4. The molecule has 0 amide bonds. The van der Waals surface area contributed by atoms with E-state index in [2.05, 4.69) is 34.8 Å². The largest absolute Gasteiger partial charge is 0.329 e. The molecule has 2 aromatic carbocycles. The molecule has 34 heavy (non-hydrogen) atoms. The standard InChI is InChI=1S/C25H26Cl2N6S/c1-15-8-5-6-9-19(15)13-33-18(4)24(17(3)30-33)29-25(34)28-23-12-16(2)32(31-23)14-20-21(26)10-7-11-22(20)27/h5-12H,13-14H2,1-4H3,(H2,28,29,31,34). The molecule has 2 heterocycles. The molecule has 4 aromatic rings. The normalized spacial score (nSPS) is 11.0. The monoisotopic (exact) mass is 512 g/mol. The van der Waals surface area contributed by atoms with Gasteiger partial charge in [0.15, 0.2) is 10.9 Å². The van der Waals surface area contributed by atoms with Crippen molar-refractivity contribution in [3.05, 3.63) is 92.3 Å². The van der Waals surface area contributed by atoms with E-state index >= 15 is 0 Å². The molecule has 0 saturated heterocycles. The van der Waals surface area contributed by atoms with E-state index in [9.17, 15) is 0 Å². The lowest BCUT2D eigenvalue weighted by atomic mass is 10.1. The molecule has 176 valence electrons. The predicted molar refractivity (Wildman–Crippen MR) is 144 cm³/mol. The molecule has 0 spiro atoms. The minimum atomic E-state index is 0.446. The molecular formula is C25H26Cl2N6S. The van der Waals surface area contributed by atoms with Gasteiger partial charge in [0.25, 0.3) is 0 Å². The van der Waals surface area contributed by atoms with Gasteiger partial charge in [-0.3, -0.25) is 9.36 Å². The van der Waals surface area contributed by atoms with Crippen LogP contribution in [-0.4, -0.2) is 24.7 Å². The number of anilines is 2. The molecule has 0 bridgehead atoms. The Morgan fingerprint density at radius 1 is 0.882 bits per heavy atom. The van der Waals surface area contributed by atoms with Crippen molar-refractivity contribution in [2.45, 2.75) is 40.8 Å². The molecule has 0 unspecified atom stereocenters. The third-order valence-electron chi connectivity index (χ3n) is 5.79. The van der Waals surface area contributed by atoms with Gasteiger partial charge in [-0.15, -0.1) is 0 Å². The first-order valence-corrected chi connectivity index (χ1v) is 12.0. The Hall–Kier alpha value is -2.87. The lowest BCUT2D eigenvalue weighted by Crippen LogP contribution is -2.20. The summed E-state index contributed by atoms with van der Waals surface area (Å²) in [5.41, 5.74) is 7.05. The minimum Gasteiger partial charge on any atom is -0.329 e. The van der Waals surface area contributed by atoms with Gasteiger partial charge in [-0.1, -0.05) is 53.5 Å². The number of aryl methyl sites for hydroxylation is 3. The second-order valence-corrected chi connectivity index (χ2v) is 9.46. The number of nitrogens with one attached hydrogen (secondary N) is 2. The summed E-state index contributed by atoms with van der Waals surface area (Å²) in [5.74, 6) is 0.640. The van der Waals surface area contributed by atoms with Gasteiger partial charge >= 0.3 is 0 Å². The maximum Gasteiger partial charge on any atom is 0.176 e. The zero-order chi connectivity index (χ0) is 24.4. The second-order valence-electron chi connectivity index (χ2n) is 8.24. The Labute approximate surface area is 214 Å². The van der Waals surface area contributed by atoms with Crippen molar-refractivity contribution < 1.29 is 0 Å². The third kappa shape index (κ3) is 5.27. The van der Waals surface area contributed by atoms with Crippen LogP contribution in [0.1, 0.15) is 33.8 Å². The van der Waals surface area contributed by atoms with Crippen molar-refractivity contribution >= 4 is 52.0 Å². The molecule has 2 aromatic heterocycles. The Balaban J connectivity index is 1.46.